The molecule has 0 saturated heterocycles. The van der Waals surface area contributed by atoms with Gasteiger partial charge in [0.15, 0.2) is 5.65 Å². The summed E-state index contributed by atoms with van der Waals surface area (Å²) in [6.45, 7) is 8.00. The fraction of sp³-hybridized carbons (Fsp3) is 0.400. The fourth-order valence-electron chi connectivity index (χ4n) is 2.30. The Morgan fingerprint density at radius 3 is 3.00 bits per heavy atom. The highest BCUT2D eigenvalue weighted by atomic mass is 15.3. The van der Waals surface area contributed by atoms with Crippen LogP contribution in [0.25, 0.3) is 5.65 Å². The Bertz CT molecular complexity index is 740. The molecule has 6 nitrogen and oxygen atoms in total. The van der Waals surface area contributed by atoms with Crippen LogP contribution in [0.4, 0.5) is 5.69 Å². The van der Waals surface area contributed by atoms with Crippen LogP contribution in [-0.2, 0) is 13.1 Å². The summed E-state index contributed by atoms with van der Waals surface area (Å²) in [5.74, 6) is 0.578. The van der Waals surface area contributed by atoms with E-state index in [4.69, 9.17) is 0 Å². The summed E-state index contributed by atoms with van der Waals surface area (Å²) in [5.41, 5.74) is 3.95. The van der Waals surface area contributed by atoms with Gasteiger partial charge in [0, 0.05) is 18.8 Å². The molecular formula is C15H20N6. The van der Waals surface area contributed by atoms with Crippen molar-refractivity contribution < 1.29 is 0 Å². The van der Waals surface area contributed by atoms with Crippen LogP contribution in [0, 0.1) is 12.8 Å². The number of hydrogen-bond donors (Lipinski definition) is 1. The molecule has 0 unspecified atom stereocenters. The third-order valence-electron chi connectivity index (χ3n) is 3.25. The molecule has 0 spiro atoms. The molecule has 3 aromatic rings. The van der Waals surface area contributed by atoms with Gasteiger partial charge in [0.2, 0.25) is 0 Å². The van der Waals surface area contributed by atoms with Gasteiger partial charge in [0.25, 0.3) is 0 Å². The Morgan fingerprint density at radius 2 is 2.19 bits per heavy atom. The van der Waals surface area contributed by atoms with Crippen LogP contribution >= 0.6 is 0 Å². The van der Waals surface area contributed by atoms with Crippen molar-refractivity contribution in [2.45, 2.75) is 33.9 Å². The van der Waals surface area contributed by atoms with Crippen molar-refractivity contribution >= 4 is 11.3 Å². The molecule has 0 saturated carbocycles. The first-order valence-electron chi connectivity index (χ1n) is 7.18. The summed E-state index contributed by atoms with van der Waals surface area (Å²) in [6, 6.07) is 4.00. The van der Waals surface area contributed by atoms with Gasteiger partial charge in [-0.2, -0.15) is 10.2 Å². The standard InChI is InChI=1S/C15H20N6/c1-11(2)9-20-14(4-5-18-20)8-16-13-7-17-15-6-12(3)19-21(15)10-13/h4-7,10-11,16H,8-9H2,1-3H3. The molecule has 110 valence electrons. The summed E-state index contributed by atoms with van der Waals surface area (Å²) in [5, 5.41) is 12.1. The SMILES string of the molecule is Cc1cc2ncc(NCc3ccnn3CC(C)C)cn2n1. The van der Waals surface area contributed by atoms with Gasteiger partial charge in [-0.05, 0) is 18.9 Å². The highest BCUT2D eigenvalue weighted by Crippen LogP contribution is 2.11. The zero-order valence-corrected chi connectivity index (χ0v) is 12.6. The van der Waals surface area contributed by atoms with E-state index in [0.29, 0.717) is 5.92 Å². The molecule has 21 heavy (non-hydrogen) atoms. The monoisotopic (exact) mass is 284 g/mol. The summed E-state index contributed by atoms with van der Waals surface area (Å²) >= 11 is 0. The largest absolute Gasteiger partial charge is 0.377 e. The zero-order chi connectivity index (χ0) is 14.8. The zero-order valence-electron chi connectivity index (χ0n) is 12.6. The van der Waals surface area contributed by atoms with Gasteiger partial charge in [-0.15, -0.1) is 0 Å². The molecule has 0 aliphatic heterocycles. The summed E-state index contributed by atoms with van der Waals surface area (Å²) in [6.07, 6.45) is 5.63. The van der Waals surface area contributed by atoms with E-state index in [-0.39, 0.29) is 0 Å². The van der Waals surface area contributed by atoms with Crippen molar-refractivity contribution in [3.63, 3.8) is 0 Å². The van der Waals surface area contributed by atoms with Gasteiger partial charge in [0.05, 0.1) is 36.0 Å². The first-order valence-corrected chi connectivity index (χ1v) is 7.18. The number of nitrogens with one attached hydrogen (secondary N) is 1. The van der Waals surface area contributed by atoms with E-state index in [2.05, 4.69) is 34.3 Å². The van der Waals surface area contributed by atoms with Crippen LogP contribution in [0.5, 0.6) is 0 Å². The lowest BCUT2D eigenvalue weighted by Crippen LogP contribution is -2.12. The second-order valence-corrected chi connectivity index (χ2v) is 5.68. The Morgan fingerprint density at radius 1 is 1.33 bits per heavy atom. The van der Waals surface area contributed by atoms with Crippen LogP contribution in [0.3, 0.4) is 0 Å². The number of fused-ring (bicyclic) bond motifs is 1. The van der Waals surface area contributed by atoms with E-state index in [1.54, 1.807) is 4.52 Å². The second kappa shape index (κ2) is 5.55. The highest BCUT2D eigenvalue weighted by Gasteiger charge is 2.05. The van der Waals surface area contributed by atoms with E-state index in [9.17, 15) is 0 Å². The summed E-state index contributed by atoms with van der Waals surface area (Å²) in [7, 11) is 0. The third kappa shape index (κ3) is 3.04. The topological polar surface area (TPSA) is 60.0 Å². The molecule has 3 aromatic heterocycles. The van der Waals surface area contributed by atoms with Gasteiger partial charge in [-0.1, -0.05) is 13.8 Å². The molecule has 0 aliphatic rings. The molecule has 0 aliphatic carbocycles. The first kappa shape index (κ1) is 13.6. The van der Waals surface area contributed by atoms with Crippen LogP contribution in [0.1, 0.15) is 25.2 Å². The van der Waals surface area contributed by atoms with E-state index in [1.165, 1.54) is 5.69 Å². The molecule has 0 aromatic carbocycles. The average molecular weight is 284 g/mol. The van der Waals surface area contributed by atoms with Gasteiger partial charge in [-0.3, -0.25) is 4.68 Å². The van der Waals surface area contributed by atoms with Crippen molar-refractivity contribution in [2.24, 2.45) is 5.92 Å². The molecule has 6 heteroatoms. The van der Waals surface area contributed by atoms with E-state index in [0.717, 1.165) is 30.1 Å². The van der Waals surface area contributed by atoms with Gasteiger partial charge in [-0.25, -0.2) is 9.50 Å². The van der Waals surface area contributed by atoms with Gasteiger partial charge in [0.1, 0.15) is 0 Å². The summed E-state index contributed by atoms with van der Waals surface area (Å²) in [4.78, 5) is 4.39. The van der Waals surface area contributed by atoms with Gasteiger partial charge >= 0.3 is 0 Å². The van der Waals surface area contributed by atoms with Crippen molar-refractivity contribution in [3.8, 4) is 0 Å². The predicted octanol–water partition coefficient (Wildman–Crippen LogP) is 2.50. The number of nitrogens with zero attached hydrogens (tertiary/aromatic N) is 5. The molecule has 3 rings (SSSR count). The molecule has 1 N–H and O–H groups in total. The molecule has 0 amide bonds. The predicted molar refractivity (Wildman–Crippen MR) is 82.1 cm³/mol. The second-order valence-electron chi connectivity index (χ2n) is 5.68. The molecular weight excluding hydrogens is 264 g/mol. The lowest BCUT2D eigenvalue weighted by Gasteiger charge is -2.11. The van der Waals surface area contributed by atoms with Crippen molar-refractivity contribution in [2.75, 3.05) is 5.32 Å². The normalized spacial score (nSPS) is 11.4. The lowest BCUT2D eigenvalue weighted by molar-refractivity contribution is 0.470. The highest BCUT2D eigenvalue weighted by molar-refractivity contribution is 5.47. The minimum atomic E-state index is 0.578. The molecule has 3 heterocycles. The summed E-state index contributed by atoms with van der Waals surface area (Å²) < 4.78 is 3.84. The Labute approximate surface area is 123 Å². The Kier molecular flexibility index (Phi) is 3.60. The quantitative estimate of drug-likeness (QED) is 0.782. The minimum absolute atomic E-state index is 0.578. The van der Waals surface area contributed by atoms with Crippen LogP contribution in [0.15, 0.2) is 30.7 Å². The number of hydrogen-bond acceptors (Lipinski definition) is 4. The van der Waals surface area contributed by atoms with Crippen LogP contribution in [0.2, 0.25) is 0 Å². The van der Waals surface area contributed by atoms with Crippen molar-refractivity contribution in [1.82, 2.24) is 24.4 Å². The number of rotatable bonds is 5. The molecule has 0 fully saturated rings. The number of aryl methyl sites for hydroxylation is 1. The average Bonchev–Trinajstić information content (AvgIpc) is 3.00. The Balaban J connectivity index is 1.72. The lowest BCUT2D eigenvalue weighted by atomic mass is 10.2. The Hall–Kier alpha value is -2.37. The van der Waals surface area contributed by atoms with Crippen LogP contribution < -0.4 is 5.32 Å². The smallest absolute Gasteiger partial charge is 0.155 e. The fourth-order valence-corrected chi connectivity index (χ4v) is 2.30. The van der Waals surface area contributed by atoms with E-state index < -0.39 is 0 Å². The maximum absolute atomic E-state index is 4.39. The third-order valence-corrected chi connectivity index (χ3v) is 3.25. The minimum Gasteiger partial charge on any atom is -0.377 e. The molecule has 0 radical (unpaired) electrons. The van der Waals surface area contributed by atoms with E-state index in [1.807, 2.05) is 42.3 Å². The van der Waals surface area contributed by atoms with Gasteiger partial charge < -0.3 is 5.32 Å². The first-order chi connectivity index (χ1) is 10.1. The molecule has 0 atom stereocenters. The van der Waals surface area contributed by atoms with E-state index >= 15 is 0 Å². The van der Waals surface area contributed by atoms with Crippen molar-refractivity contribution in [1.29, 1.82) is 0 Å². The van der Waals surface area contributed by atoms with Crippen LogP contribution in [-0.4, -0.2) is 24.4 Å². The number of anilines is 1. The maximum Gasteiger partial charge on any atom is 0.155 e. The number of aromatic nitrogens is 5. The molecule has 0 bridgehead atoms. The maximum atomic E-state index is 4.39. The van der Waals surface area contributed by atoms with Crippen molar-refractivity contribution in [3.05, 3.63) is 42.1 Å².